The molecule has 2 heterocycles. The van der Waals surface area contributed by atoms with Gasteiger partial charge in [0.25, 0.3) is 0 Å². The van der Waals surface area contributed by atoms with Gasteiger partial charge in [-0.25, -0.2) is 0 Å². The molecule has 1 aliphatic carbocycles. The first-order chi connectivity index (χ1) is 10.5. The Labute approximate surface area is 145 Å². The van der Waals surface area contributed by atoms with Crippen LogP contribution in [0.5, 0.6) is 0 Å². The standard InChI is InChI=1S/C17H29N3O2.ClH/c1-13(2)15(21)19-7-9-20(10-8-19)16(22)17-6-4-3-5-14(17)11-18-12-17;/h13-14,18H,3-12H2,1-2H3;1H/t14-,17+;/m0./s1. The van der Waals surface area contributed by atoms with Crippen LogP contribution in [0.1, 0.15) is 39.5 Å². The van der Waals surface area contributed by atoms with E-state index in [0.717, 1.165) is 19.5 Å². The molecule has 6 heteroatoms. The van der Waals surface area contributed by atoms with Gasteiger partial charge in [-0.05, 0) is 25.3 Å². The maximum atomic E-state index is 13.1. The van der Waals surface area contributed by atoms with E-state index in [-0.39, 0.29) is 29.6 Å². The largest absolute Gasteiger partial charge is 0.339 e. The molecule has 3 rings (SSSR count). The van der Waals surface area contributed by atoms with E-state index in [9.17, 15) is 9.59 Å². The molecule has 23 heavy (non-hydrogen) atoms. The summed E-state index contributed by atoms with van der Waals surface area (Å²) in [6, 6.07) is 0. The summed E-state index contributed by atoms with van der Waals surface area (Å²) in [5.41, 5.74) is -0.150. The molecule has 3 fully saturated rings. The van der Waals surface area contributed by atoms with Gasteiger partial charge in [0.1, 0.15) is 0 Å². The third-order valence-corrected chi connectivity index (χ3v) is 5.84. The highest BCUT2D eigenvalue weighted by atomic mass is 35.5. The number of halogens is 1. The maximum Gasteiger partial charge on any atom is 0.230 e. The third kappa shape index (κ3) is 3.36. The van der Waals surface area contributed by atoms with Crippen LogP contribution in [-0.2, 0) is 9.59 Å². The SMILES string of the molecule is CC(C)C(=O)N1CCN(C(=O)[C@@]23CCCC[C@H]2CNC3)CC1.Cl. The zero-order chi connectivity index (χ0) is 15.7. The van der Waals surface area contributed by atoms with Crippen LogP contribution in [0, 0.1) is 17.3 Å². The summed E-state index contributed by atoms with van der Waals surface area (Å²) in [6.45, 7) is 8.51. The first-order valence-electron chi connectivity index (χ1n) is 8.83. The fraction of sp³-hybridized carbons (Fsp3) is 0.882. The molecule has 5 nitrogen and oxygen atoms in total. The number of rotatable bonds is 2. The van der Waals surface area contributed by atoms with Crippen molar-refractivity contribution in [1.29, 1.82) is 0 Å². The van der Waals surface area contributed by atoms with Crippen LogP contribution < -0.4 is 5.32 Å². The minimum atomic E-state index is -0.150. The van der Waals surface area contributed by atoms with Crippen molar-refractivity contribution >= 4 is 24.2 Å². The number of fused-ring (bicyclic) bond motifs is 1. The van der Waals surface area contributed by atoms with E-state index in [2.05, 4.69) is 5.32 Å². The number of nitrogens with one attached hydrogen (secondary N) is 1. The van der Waals surface area contributed by atoms with Gasteiger partial charge in [-0.3, -0.25) is 9.59 Å². The number of amides is 2. The summed E-state index contributed by atoms with van der Waals surface area (Å²) >= 11 is 0. The smallest absolute Gasteiger partial charge is 0.230 e. The predicted octanol–water partition coefficient (Wildman–Crippen LogP) is 1.51. The van der Waals surface area contributed by atoms with Crippen molar-refractivity contribution in [3.05, 3.63) is 0 Å². The Hall–Kier alpha value is -0.810. The molecule has 0 spiro atoms. The molecule has 2 aliphatic heterocycles. The second-order valence-corrected chi connectivity index (χ2v) is 7.50. The quantitative estimate of drug-likeness (QED) is 0.827. The minimum Gasteiger partial charge on any atom is -0.339 e. The highest BCUT2D eigenvalue weighted by Gasteiger charge is 2.51. The van der Waals surface area contributed by atoms with Gasteiger partial charge in [0, 0.05) is 38.6 Å². The molecule has 2 amide bonds. The zero-order valence-electron chi connectivity index (χ0n) is 14.3. The topological polar surface area (TPSA) is 52.7 Å². The molecule has 2 saturated heterocycles. The van der Waals surface area contributed by atoms with Crippen molar-refractivity contribution in [2.75, 3.05) is 39.3 Å². The average molecular weight is 344 g/mol. The second kappa shape index (κ2) is 7.39. The summed E-state index contributed by atoms with van der Waals surface area (Å²) in [7, 11) is 0. The van der Waals surface area contributed by atoms with Crippen molar-refractivity contribution in [1.82, 2.24) is 15.1 Å². The molecule has 3 aliphatic rings. The number of carbonyl (C=O) groups excluding carboxylic acids is 2. The number of piperazine rings is 1. The van der Waals surface area contributed by atoms with Crippen LogP contribution in [0.3, 0.4) is 0 Å². The van der Waals surface area contributed by atoms with Gasteiger partial charge in [-0.2, -0.15) is 0 Å². The van der Waals surface area contributed by atoms with Crippen molar-refractivity contribution in [3.63, 3.8) is 0 Å². The number of nitrogens with zero attached hydrogens (tertiary/aromatic N) is 2. The Balaban J connectivity index is 0.00000192. The van der Waals surface area contributed by atoms with Gasteiger partial charge in [0.2, 0.25) is 11.8 Å². The van der Waals surface area contributed by atoms with E-state index < -0.39 is 0 Å². The van der Waals surface area contributed by atoms with Gasteiger partial charge in [-0.15, -0.1) is 12.4 Å². The van der Waals surface area contributed by atoms with Gasteiger partial charge in [-0.1, -0.05) is 26.7 Å². The molecule has 1 N–H and O–H groups in total. The normalized spacial score (nSPS) is 30.8. The first kappa shape index (κ1) is 18.5. The number of carbonyl (C=O) groups is 2. The van der Waals surface area contributed by atoms with Crippen molar-refractivity contribution < 1.29 is 9.59 Å². The molecule has 0 aromatic rings. The second-order valence-electron chi connectivity index (χ2n) is 7.50. The predicted molar refractivity (Wildman–Crippen MR) is 92.5 cm³/mol. The molecule has 0 unspecified atom stereocenters. The molecule has 0 aromatic carbocycles. The highest BCUT2D eigenvalue weighted by molar-refractivity contribution is 5.85. The third-order valence-electron chi connectivity index (χ3n) is 5.84. The summed E-state index contributed by atoms with van der Waals surface area (Å²) in [5.74, 6) is 1.12. The molecule has 1 saturated carbocycles. The molecule has 0 aromatic heterocycles. The van der Waals surface area contributed by atoms with Crippen molar-refractivity contribution in [3.8, 4) is 0 Å². The fourth-order valence-corrected chi connectivity index (χ4v) is 4.48. The van der Waals surface area contributed by atoms with Gasteiger partial charge < -0.3 is 15.1 Å². The monoisotopic (exact) mass is 343 g/mol. The molecular formula is C17H30ClN3O2. The summed E-state index contributed by atoms with van der Waals surface area (Å²) in [4.78, 5) is 29.2. The Morgan fingerprint density at radius 2 is 1.74 bits per heavy atom. The van der Waals surface area contributed by atoms with Crippen LogP contribution in [-0.4, -0.2) is 60.9 Å². The van der Waals surface area contributed by atoms with E-state index in [4.69, 9.17) is 0 Å². The summed E-state index contributed by atoms with van der Waals surface area (Å²) in [5, 5.41) is 3.46. The van der Waals surface area contributed by atoms with Gasteiger partial charge in [0.05, 0.1) is 5.41 Å². The molecular weight excluding hydrogens is 314 g/mol. The molecule has 2 atom stereocenters. The molecule has 132 valence electrons. The lowest BCUT2D eigenvalue weighted by atomic mass is 9.67. The number of hydrogen-bond donors (Lipinski definition) is 1. The lowest BCUT2D eigenvalue weighted by Gasteiger charge is -2.43. The summed E-state index contributed by atoms with van der Waals surface area (Å²) < 4.78 is 0. The van der Waals surface area contributed by atoms with Crippen LogP contribution in [0.4, 0.5) is 0 Å². The van der Waals surface area contributed by atoms with Gasteiger partial charge >= 0.3 is 0 Å². The Bertz CT molecular complexity index is 449. The number of hydrogen-bond acceptors (Lipinski definition) is 3. The molecule has 0 radical (unpaired) electrons. The van der Waals surface area contributed by atoms with Crippen LogP contribution >= 0.6 is 12.4 Å². The van der Waals surface area contributed by atoms with Crippen LogP contribution in [0.25, 0.3) is 0 Å². The summed E-state index contributed by atoms with van der Waals surface area (Å²) in [6.07, 6.45) is 4.66. The van der Waals surface area contributed by atoms with Gasteiger partial charge in [0.15, 0.2) is 0 Å². The van der Waals surface area contributed by atoms with E-state index in [1.165, 1.54) is 19.3 Å². The Kier molecular flexibility index (Phi) is 5.95. The van der Waals surface area contributed by atoms with Crippen LogP contribution in [0.15, 0.2) is 0 Å². The van der Waals surface area contributed by atoms with Crippen LogP contribution in [0.2, 0.25) is 0 Å². The molecule has 0 bridgehead atoms. The van der Waals surface area contributed by atoms with Crippen molar-refractivity contribution in [2.24, 2.45) is 17.3 Å². The fourth-order valence-electron chi connectivity index (χ4n) is 4.48. The maximum absolute atomic E-state index is 13.1. The lowest BCUT2D eigenvalue weighted by molar-refractivity contribution is -0.150. The average Bonchev–Trinajstić information content (AvgIpc) is 2.98. The van der Waals surface area contributed by atoms with E-state index in [0.29, 0.717) is 38.0 Å². The van der Waals surface area contributed by atoms with E-state index >= 15 is 0 Å². The minimum absolute atomic E-state index is 0. The lowest BCUT2D eigenvalue weighted by Crippen LogP contribution is -2.57. The highest BCUT2D eigenvalue weighted by Crippen LogP contribution is 2.45. The van der Waals surface area contributed by atoms with E-state index in [1.807, 2.05) is 23.6 Å². The Morgan fingerprint density at radius 3 is 2.39 bits per heavy atom. The zero-order valence-corrected chi connectivity index (χ0v) is 15.2. The van der Waals surface area contributed by atoms with Crippen molar-refractivity contribution in [2.45, 2.75) is 39.5 Å². The Morgan fingerprint density at radius 1 is 1.09 bits per heavy atom. The van der Waals surface area contributed by atoms with E-state index in [1.54, 1.807) is 0 Å². The first-order valence-corrected chi connectivity index (χ1v) is 8.83.